The number of hydrogen-bond donors (Lipinski definition) is 1. The van der Waals surface area contributed by atoms with Gasteiger partial charge >= 0.3 is 5.97 Å². The van der Waals surface area contributed by atoms with Crippen molar-refractivity contribution in [1.29, 1.82) is 0 Å². The molecule has 0 bridgehead atoms. The molecule has 1 aliphatic rings. The van der Waals surface area contributed by atoms with Crippen molar-refractivity contribution in [2.45, 2.75) is 25.8 Å². The zero-order valence-corrected chi connectivity index (χ0v) is 12.2. The van der Waals surface area contributed by atoms with Crippen LogP contribution in [0.5, 0.6) is 0 Å². The molecule has 5 nitrogen and oxygen atoms in total. The van der Waals surface area contributed by atoms with Gasteiger partial charge in [0.05, 0.1) is 5.56 Å². The van der Waals surface area contributed by atoms with Gasteiger partial charge in [-0.1, -0.05) is 12.1 Å². The van der Waals surface area contributed by atoms with Crippen LogP contribution >= 0.6 is 0 Å². The van der Waals surface area contributed by atoms with E-state index in [1.807, 2.05) is 0 Å². The number of aromatic carboxylic acids is 1. The molecule has 1 aromatic rings. The molecule has 0 spiro atoms. The molecule has 0 aliphatic carbocycles. The van der Waals surface area contributed by atoms with E-state index in [2.05, 4.69) is 0 Å². The second-order valence-electron chi connectivity index (χ2n) is 5.51. The van der Waals surface area contributed by atoms with Gasteiger partial charge in [-0.15, -0.1) is 0 Å². The summed E-state index contributed by atoms with van der Waals surface area (Å²) in [7, 11) is 1.78. The van der Waals surface area contributed by atoms with Crippen molar-refractivity contribution in [2.24, 2.45) is 5.92 Å². The van der Waals surface area contributed by atoms with Crippen molar-refractivity contribution >= 4 is 11.9 Å². The van der Waals surface area contributed by atoms with Crippen LogP contribution in [-0.2, 0) is 16.1 Å². The maximum absolute atomic E-state index is 12.2. The molecule has 2 rings (SSSR count). The van der Waals surface area contributed by atoms with Gasteiger partial charge in [0.2, 0.25) is 5.91 Å². The van der Waals surface area contributed by atoms with Crippen LogP contribution in [0.25, 0.3) is 0 Å². The van der Waals surface area contributed by atoms with E-state index >= 15 is 0 Å². The molecule has 1 aliphatic heterocycles. The molecule has 0 saturated carbocycles. The molecular formula is C16H21NO4. The third-order valence-electron chi connectivity index (χ3n) is 3.85. The van der Waals surface area contributed by atoms with E-state index in [0.29, 0.717) is 18.9 Å². The minimum atomic E-state index is -0.939. The first-order valence-corrected chi connectivity index (χ1v) is 7.20. The number of ether oxygens (including phenoxy) is 1. The lowest BCUT2D eigenvalue weighted by atomic mass is 9.96. The normalized spacial score (nSPS) is 15.7. The lowest BCUT2D eigenvalue weighted by Crippen LogP contribution is -2.29. The Morgan fingerprint density at radius 2 is 1.86 bits per heavy atom. The van der Waals surface area contributed by atoms with E-state index in [4.69, 9.17) is 9.84 Å². The summed E-state index contributed by atoms with van der Waals surface area (Å²) < 4.78 is 5.30. The average Bonchev–Trinajstić information content (AvgIpc) is 2.48. The summed E-state index contributed by atoms with van der Waals surface area (Å²) in [4.78, 5) is 24.7. The molecule has 1 heterocycles. The molecule has 1 aromatic carbocycles. The van der Waals surface area contributed by atoms with Crippen LogP contribution in [0.3, 0.4) is 0 Å². The minimum Gasteiger partial charge on any atom is -0.478 e. The van der Waals surface area contributed by atoms with Gasteiger partial charge in [-0.25, -0.2) is 4.79 Å². The zero-order chi connectivity index (χ0) is 15.2. The quantitative estimate of drug-likeness (QED) is 0.902. The minimum absolute atomic E-state index is 0.129. The average molecular weight is 291 g/mol. The van der Waals surface area contributed by atoms with Gasteiger partial charge in [-0.2, -0.15) is 0 Å². The summed E-state index contributed by atoms with van der Waals surface area (Å²) in [5.41, 5.74) is 1.19. The van der Waals surface area contributed by atoms with Crippen molar-refractivity contribution in [3.05, 3.63) is 35.4 Å². The van der Waals surface area contributed by atoms with Crippen molar-refractivity contribution in [1.82, 2.24) is 4.90 Å². The van der Waals surface area contributed by atoms with Crippen LogP contribution < -0.4 is 0 Å². The first-order chi connectivity index (χ1) is 10.1. The number of carboxylic acid groups (broad SMARTS) is 1. The van der Waals surface area contributed by atoms with Crippen LogP contribution in [0.4, 0.5) is 0 Å². The Morgan fingerprint density at radius 3 is 2.43 bits per heavy atom. The summed E-state index contributed by atoms with van der Waals surface area (Å²) in [5.74, 6) is -0.391. The van der Waals surface area contributed by atoms with Crippen molar-refractivity contribution in [3.63, 3.8) is 0 Å². The molecule has 0 radical (unpaired) electrons. The Morgan fingerprint density at radius 1 is 1.24 bits per heavy atom. The monoisotopic (exact) mass is 291 g/mol. The maximum Gasteiger partial charge on any atom is 0.335 e. The molecule has 0 aromatic heterocycles. The molecule has 21 heavy (non-hydrogen) atoms. The third-order valence-corrected chi connectivity index (χ3v) is 3.85. The molecule has 114 valence electrons. The van der Waals surface area contributed by atoms with Gasteiger partial charge in [-0.05, 0) is 36.5 Å². The molecule has 0 unspecified atom stereocenters. The standard InChI is InChI=1S/C16H21NO4/c1-17(15(18)10-12-6-8-21-9-7-12)11-13-2-4-14(5-3-13)16(19)20/h2-5,12H,6-11H2,1H3,(H,19,20). The predicted molar refractivity (Wildman–Crippen MR) is 78.0 cm³/mol. The largest absolute Gasteiger partial charge is 0.478 e. The van der Waals surface area contributed by atoms with Crippen LogP contribution in [0, 0.1) is 5.92 Å². The Hall–Kier alpha value is -1.88. The van der Waals surface area contributed by atoms with E-state index < -0.39 is 5.97 Å². The Labute approximate surface area is 124 Å². The summed E-state index contributed by atoms with van der Waals surface area (Å²) in [6.45, 7) is 2.00. The summed E-state index contributed by atoms with van der Waals surface area (Å²) >= 11 is 0. The fraction of sp³-hybridized carbons (Fsp3) is 0.500. The Bertz CT molecular complexity index is 492. The lowest BCUT2D eigenvalue weighted by Gasteiger charge is -2.24. The highest BCUT2D eigenvalue weighted by Crippen LogP contribution is 2.19. The lowest BCUT2D eigenvalue weighted by molar-refractivity contribution is -0.132. The highest BCUT2D eigenvalue weighted by atomic mass is 16.5. The summed E-state index contributed by atoms with van der Waals surface area (Å²) in [6.07, 6.45) is 2.47. The first kappa shape index (κ1) is 15.5. The highest BCUT2D eigenvalue weighted by molar-refractivity contribution is 5.87. The van der Waals surface area contributed by atoms with Crippen LogP contribution in [0.1, 0.15) is 35.2 Å². The SMILES string of the molecule is CN(Cc1ccc(C(=O)O)cc1)C(=O)CC1CCOCC1. The number of nitrogens with zero attached hydrogens (tertiary/aromatic N) is 1. The van der Waals surface area contributed by atoms with E-state index in [1.165, 1.54) is 0 Å². The summed E-state index contributed by atoms with van der Waals surface area (Å²) in [5, 5.41) is 8.85. The molecule has 5 heteroatoms. The zero-order valence-electron chi connectivity index (χ0n) is 12.2. The van der Waals surface area contributed by atoms with Crippen LogP contribution in [0.15, 0.2) is 24.3 Å². The van der Waals surface area contributed by atoms with E-state index in [0.717, 1.165) is 31.6 Å². The van der Waals surface area contributed by atoms with Crippen molar-refractivity contribution < 1.29 is 19.4 Å². The number of carbonyl (C=O) groups is 2. The molecule has 0 atom stereocenters. The van der Waals surface area contributed by atoms with E-state index in [1.54, 1.807) is 36.2 Å². The predicted octanol–water partition coefficient (Wildman–Crippen LogP) is 2.16. The second-order valence-corrected chi connectivity index (χ2v) is 5.51. The molecule has 1 amide bonds. The van der Waals surface area contributed by atoms with Crippen molar-refractivity contribution in [2.75, 3.05) is 20.3 Å². The number of carbonyl (C=O) groups excluding carboxylic acids is 1. The first-order valence-electron chi connectivity index (χ1n) is 7.20. The summed E-state index contributed by atoms with van der Waals surface area (Å²) in [6, 6.07) is 6.63. The number of amides is 1. The van der Waals surface area contributed by atoms with Gasteiger partial charge in [0.1, 0.15) is 0 Å². The van der Waals surface area contributed by atoms with E-state index in [9.17, 15) is 9.59 Å². The highest BCUT2D eigenvalue weighted by Gasteiger charge is 2.19. The number of rotatable bonds is 5. The van der Waals surface area contributed by atoms with Gasteiger partial charge in [0.15, 0.2) is 0 Å². The number of benzene rings is 1. The second kappa shape index (κ2) is 7.22. The van der Waals surface area contributed by atoms with E-state index in [-0.39, 0.29) is 11.5 Å². The smallest absolute Gasteiger partial charge is 0.335 e. The molecule has 1 fully saturated rings. The molecule has 1 N–H and O–H groups in total. The fourth-order valence-electron chi connectivity index (χ4n) is 2.47. The Balaban J connectivity index is 1.86. The van der Waals surface area contributed by atoms with Gasteiger partial charge < -0.3 is 14.7 Å². The topological polar surface area (TPSA) is 66.8 Å². The fourth-order valence-corrected chi connectivity index (χ4v) is 2.47. The Kier molecular flexibility index (Phi) is 5.33. The van der Waals surface area contributed by atoms with Gasteiger partial charge in [0.25, 0.3) is 0 Å². The molecule has 1 saturated heterocycles. The molecular weight excluding hydrogens is 270 g/mol. The number of carboxylic acids is 1. The maximum atomic E-state index is 12.2. The number of hydrogen-bond acceptors (Lipinski definition) is 3. The van der Waals surface area contributed by atoms with Gasteiger partial charge in [0, 0.05) is 33.2 Å². The van der Waals surface area contributed by atoms with Gasteiger partial charge in [-0.3, -0.25) is 4.79 Å². The third kappa shape index (κ3) is 4.56. The van der Waals surface area contributed by atoms with Crippen LogP contribution in [-0.4, -0.2) is 42.1 Å². The van der Waals surface area contributed by atoms with Crippen molar-refractivity contribution in [3.8, 4) is 0 Å². The van der Waals surface area contributed by atoms with Crippen LogP contribution in [0.2, 0.25) is 0 Å².